The van der Waals surface area contributed by atoms with Gasteiger partial charge in [-0.1, -0.05) is 0 Å². The summed E-state index contributed by atoms with van der Waals surface area (Å²) in [5.74, 6) is 1.73. The van der Waals surface area contributed by atoms with E-state index in [4.69, 9.17) is 4.42 Å². The Hall–Kier alpha value is -1.53. The molecule has 1 aromatic rings. The van der Waals surface area contributed by atoms with Crippen LogP contribution in [0.1, 0.15) is 19.6 Å². The minimum atomic E-state index is 0.501. The predicted octanol–water partition coefficient (Wildman–Crippen LogP) is 0.971. The molecule has 2 N–H and O–H groups in total. The van der Waals surface area contributed by atoms with Crippen molar-refractivity contribution in [1.29, 1.82) is 0 Å². The first kappa shape index (κ1) is 16.8. The van der Waals surface area contributed by atoms with Gasteiger partial charge in [0.05, 0.1) is 6.26 Å². The predicted molar refractivity (Wildman–Crippen MR) is 90.1 cm³/mol. The molecule has 1 saturated heterocycles. The van der Waals surface area contributed by atoms with Crippen LogP contribution in [-0.4, -0.2) is 68.1 Å². The van der Waals surface area contributed by atoms with Gasteiger partial charge in [0.1, 0.15) is 12.3 Å². The average Bonchev–Trinajstić information content (AvgIpc) is 3.04. The molecule has 0 aromatic carbocycles. The van der Waals surface area contributed by atoms with E-state index in [1.165, 1.54) is 0 Å². The Kier molecular flexibility index (Phi) is 6.74. The zero-order valence-corrected chi connectivity index (χ0v) is 14.0. The molecule has 1 fully saturated rings. The number of likely N-dealkylation sites (N-methyl/N-ethyl adjacent to an activating group) is 1. The molecule has 1 unspecified atom stereocenters. The Morgan fingerprint density at radius 2 is 2.09 bits per heavy atom. The Balaban J connectivity index is 1.79. The summed E-state index contributed by atoms with van der Waals surface area (Å²) in [6, 6.07) is 4.33. The molecule has 1 aromatic heterocycles. The molecule has 6 nitrogen and oxygen atoms in total. The van der Waals surface area contributed by atoms with Gasteiger partial charge >= 0.3 is 0 Å². The molecule has 124 valence electrons. The second-order valence-corrected chi connectivity index (χ2v) is 5.84. The minimum absolute atomic E-state index is 0.501. The zero-order chi connectivity index (χ0) is 15.8. The number of hydrogen-bond donors (Lipinski definition) is 2. The normalized spacial score (nSPS) is 19.1. The lowest BCUT2D eigenvalue weighted by atomic mass is 10.2. The third-order valence-electron chi connectivity index (χ3n) is 4.04. The van der Waals surface area contributed by atoms with Crippen molar-refractivity contribution in [3.05, 3.63) is 24.2 Å². The Bertz CT molecular complexity index is 437. The van der Waals surface area contributed by atoms with Crippen LogP contribution in [0.3, 0.4) is 0 Å². The van der Waals surface area contributed by atoms with E-state index in [0.717, 1.165) is 51.0 Å². The van der Waals surface area contributed by atoms with Gasteiger partial charge in [0.2, 0.25) is 0 Å². The largest absolute Gasteiger partial charge is 0.467 e. The standard InChI is InChI=1S/C16H29N5O/c1-4-17-16(19-13-15-6-5-11-22-15)18-12-14(2)21-9-7-20(3)8-10-21/h5-6,11,14H,4,7-10,12-13H2,1-3H3,(H2,17,18,19). The Morgan fingerprint density at radius 3 is 2.73 bits per heavy atom. The van der Waals surface area contributed by atoms with E-state index in [9.17, 15) is 0 Å². The van der Waals surface area contributed by atoms with Crippen LogP contribution >= 0.6 is 0 Å². The lowest BCUT2D eigenvalue weighted by molar-refractivity contribution is 0.120. The van der Waals surface area contributed by atoms with Gasteiger partial charge in [-0.3, -0.25) is 4.90 Å². The topological polar surface area (TPSA) is 56.0 Å². The molecule has 0 aliphatic carbocycles. The summed E-state index contributed by atoms with van der Waals surface area (Å²) in [5, 5.41) is 6.71. The molecule has 2 rings (SSSR count). The highest BCUT2D eigenvalue weighted by Crippen LogP contribution is 2.04. The maximum Gasteiger partial charge on any atom is 0.191 e. The van der Waals surface area contributed by atoms with Gasteiger partial charge < -0.3 is 20.0 Å². The first-order chi connectivity index (χ1) is 10.7. The fourth-order valence-electron chi connectivity index (χ4n) is 2.54. The molecule has 0 spiro atoms. The fourth-order valence-corrected chi connectivity index (χ4v) is 2.54. The first-order valence-electron chi connectivity index (χ1n) is 8.16. The van der Waals surface area contributed by atoms with Crippen molar-refractivity contribution < 1.29 is 4.42 Å². The molecule has 0 bridgehead atoms. The summed E-state index contributed by atoms with van der Waals surface area (Å²) >= 11 is 0. The van der Waals surface area contributed by atoms with Crippen molar-refractivity contribution in [1.82, 2.24) is 20.4 Å². The van der Waals surface area contributed by atoms with Crippen molar-refractivity contribution in [2.24, 2.45) is 4.99 Å². The molecule has 22 heavy (non-hydrogen) atoms. The molecular formula is C16H29N5O. The number of guanidine groups is 1. The molecule has 1 atom stereocenters. The summed E-state index contributed by atoms with van der Waals surface area (Å²) in [6.07, 6.45) is 1.68. The smallest absolute Gasteiger partial charge is 0.191 e. The van der Waals surface area contributed by atoms with E-state index < -0.39 is 0 Å². The lowest BCUT2D eigenvalue weighted by Gasteiger charge is -2.36. The fraction of sp³-hybridized carbons (Fsp3) is 0.688. The van der Waals surface area contributed by atoms with Crippen LogP contribution in [0.4, 0.5) is 0 Å². The van der Waals surface area contributed by atoms with E-state index >= 15 is 0 Å². The Labute approximate surface area is 133 Å². The maximum atomic E-state index is 5.32. The minimum Gasteiger partial charge on any atom is -0.467 e. The molecule has 6 heteroatoms. The number of nitrogens with one attached hydrogen (secondary N) is 2. The number of nitrogens with zero attached hydrogens (tertiary/aromatic N) is 3. The van der Waals surface area contributed by atoms with Crippen LogP contribution in [0.15, 0.2) is 27.8 Å². The van der Waals surface area contributed by atoms with E-state index in [2.05, 4.69) is 46.3 Å². The van der Waals surface area contributed by atoms with Crippen LogP contribution < -0.4 is 10.6 Å². The molecule has 1 aliphatic rings. The summed E-state index contributed by atoms with van der Waals surface area (Å²) in [7, 11) is 2.19. The molecule has 0 radical (unpaired) electrons. The number of hydrogen-bond acceptors (Lipinski definition) is 4. The van der Waals surface area contributed by atoms with Crippen LogP contribution in [0.2, 0.25) is 0 Å². The Morgan fingerprint density at radius 1 is 1.32 bits per heavy atom. The van der Waals surface area contributed by atoms with E-state index in [-0.39, 0.29) is 0 Å². The molecule has 2 heterocycles. The highest BCUT2D eigenvalue weighted by atomic mass is 16.3. The van der Waals surface area contributed by atoms with Crippen LogP contribution in [-0.2, 0) is 6.54 Å². The van der Waals surface area contributed by atoms with E-state index in [0.29, 0.717) is 12.6 Å². The van der Waals surface area contributed by atoms with Gasteiger partial charge in [-0.15, -0.1) is 0 Å². The number of furan rings is 1. The average molecular weight is 307 g/mol. The third kappa shape index (κ3) is 5.35. The SMILES string of the molecule is CCNC(=NCc1ccco1)NCC(C)N1CCN(C)CC1. The molecule has 1 aliphatic heterocycles. The number of aliphatic imine (C=N–C) groups is 1. The first-order valence-corrected chi connectivity index (χ1v) is 8.16. The van der Waals surface area contributed by atoms with Crippen molar-refractivity contribution in [2.45, 2.75) is 26.4 Å². The van der Waals surface area contributed by atoms with E-state index in [1.54, 1.807) is 6.26 Å². The van der Waals surface area contributed by atoms with E-state index in [1.807, 2.05) is 12.1 Å². The van der Waals surface area contributed by atoms with Crippen LogP contribution in [0.5, 0.6) is 0 Å². The van der Waals surface area contributed by atoms with Gasteiger partial charge in [-0.2, -0.15) is 0 Å². The second-order valence-electron chi connectivity index (χ2n) is 5.84. The number of rotatable bonds is 6. The van der Waals surface area contributed by atoms with Crippen molar-refractivity contribution in [3.8, 4) is 0 Å². The second kappa shape index (κ2) is 8.80. The van der Waals surface area contributed by atoms with Crippen molar-refractivity contribution >= 4 is 5.96 Å². The molecule has 0 saturated carbocycles. The molecule has 0 amide bonds. The van der Waals surface area contributed by atoms with Crippen LogP contribution in [0.25, 0.3) is 0 Å². The summed E-state index contributed by atoms with van der Waals surface area (Å²) in [5.41, 5.74) is 0. The van der Waals surface area contributed by atoms with Crippen LogP contribution in [0, 0.1) is 0 Å². The highest BCUT2D eigenvalue weighted by molar-refractivity contribution is 5.79. The van der Waals surface area contributed by atoms with Crippen molar-refractivity contribution in [3.63, 3.8) is 0 Å². The summed E-state index contributed by atoms with van der Waals surface area (Å²) < 4.78 is 5.32. The molecular weight excluding hydrogens is 278 g/mol. The number of piperazine rings is 1. The highest BCUT2D eigenvalue weighted by Gasteiger charge is 2.18. The summed E-state index contributed by atoms with van der Waals surface area (Å²) in [6.45, 7) is 11.2. The van der Waals surface area contributed by atoms with Gasteiger partial charge in [0.15, 0.2) is 5.96 Å². The van der Waals surface area contributed by atoms with Gasteiger partial charge in [-0.05, 0) is 33.0 Å². The quantitative estimate of drug-likeness (QED) is 0.606. The van der Waals surface area contributed by atoms with Gasteiger partial charge in [0, 0.05) is 45.3 Å². The maximum absolute atomic E-state index is 5.32. The monoisotopic (exact) mass is 307 g/mol. The van der Waals surface area contributed by atoms with Gasteiger partial charge in [0.25, 0.3) is 0 Å². The lowest BCUT2D eigenvalue weighted by Crippen LogP contribution is -2.52. The zero-order valence-electron chi connectivity index (χ0n) is 14.0. The van der Waals surface area contributed by atoms with Crippen molar-refractivity contribution in [2.75, 3.05) is 46.3 Å². The third-order valence-corrected chi connectivity index (χ3v) is 4.04. The summed E-state index contributed by atoms with van der Waals surface area (Å²) in [4.78, 5) is 9.47. The van der Waals surface area contributed by atoms with Gasteiger partial charge in [-0.25, -0.2) is 4.99 Å².